The minimum absolute atomic E-state index is 0.0574. The van der Waals surface area contributed by atoms with Gasteiger partial charge in [-0.1, -0.05) is 19.4 Å². The molecule has 3 nitrogen and oxygen atoms in total. The molecule has 0 unspecified atom stereocenters. The third-order valence-electron chi connectivity index (χ3n) is 7.46. The highest BCUT2D eigenvalue weighted by Gasteiger charge is 2.55. The second kappa shape index (κ2) is 4.93. The quantitative estimate of drug-likeness (QED) is 0.774. The third kappa shape index (κ3) is 1.90. The van der Waals surface area contributed by atoms with Gasteiger partial charge in [0.1, 0.15) is 11.5 Å². The molecule has 128 valence electrons. The van der Waals surface area contributed by atoms with Gasteiger partial charge in [0, 0.05) is 17.8 Å². The monoisotopic (exact) mass is 326 g/mol. The number of hydrogen-bond donors (Lipinski definition) is 1. The maximum Gasteiger partial charge on any atom is 0.156 e. The number of fused-ring (bicyclic) bond motifs is 4. The Morgan fingerprint density at radius 1 is 1.12 bits per heavy atom. The van der Waals surface area contributed by atoms with E-state index in [2.05, 4.69) is 13.8 Å². The Morgan fingerprint density at radius 3 is 2.58 bits per heavy atom. The first-order valence-corrected chi connectivity index (χ1v) is 9.17. The number of aliphatic hydroxyl groups excluding tert-OH is 1. The Hall–Kier alpha value is -1.64. The first kappa shape index (κ1) is 15.9. The molecule has 4 aliphatic rings. The fourth-order valence-corrected chi connectivity index (χ4v) is 6.04. The molecular weight excluding hydrogens is 300 g/mol. The van der Waals surface area contributed by atoms with Crippen molar-refractivity contribution in [3.63, 3.8) is 0 Å². The van der Waals surface area contributed by atoms with Crippen LogP contribution in [0, 0.1) is 22.7 Å². The van der Waals surface area contributed by atoms with E-state index in [0.29, 0.717) is 12.2 Å². The van der Waals surface area contributed by atoms with Crippen LogP contribution in [0.4, 0.5) is 0 Å². The zero-order valence-electron chi connectivity index (χ0n) is 14.8. The van der Waals surface area contributed by atoms with E-state index in [1.807, 2.05) is 6.08 Å². The highest BCUT2D eigenvalue weighted by atomic mass is 16.3. The molecule has 0 radical (unpaired) electrons. The number of ketones is 2. The number of hydrogen-bond acceptors (Lipinski definition) is 3. The van der Waals surface area contributed by atoms with Crippen molar-refractivity contribution in [2.75, 3.05) is 0 Å². The summed E-state index contributed by atoms with van der Waals surface area (Å²) in [6.45, 7) is 6.18. The van der Waals surface area contributed by atoms with E-state index in [4.69, 9.17) is 0 Å². The van der Waals surface area contributed by atoms with Crippen molar-refractivity contribution in [1.29, 1.82) is 0 Å². The molecule has 3 heteroatoms. The summed E-state index contributed by atoms with van der Waals surface area (Å²) < 4.78 is 0. The summed E-state index contributed by atoms with van der Waals surface area (Å²) in [5.74, 6) is 1.15. The standard InChI is InChI=1S/C21H26O3/c1-12(22)15-4-5-16-19-17(7-9-21(15,16)3)20(2)8-6-14(23)10-13(20)11-18(19)24/h10-11,15,17,24H,4-9H2,1-3H3/t15-,17+,20+,21-/m1/s1. The molecule has 4 rings (SSSR count). The summed E-state index contributed by atoms with van der Waals surface area (Å²) in [7, 11) is 0. The minimum atomic E-state index is -0.0957. The molecule has 24 heavy (non-hydrogen) atoms. The molecule has 4 atom stereocenters. The molecule has 1 saturated carbocycles. The van der Waals surface area contributed by atoms with Gasteiger partial charge < -0.3 is 5.11 Å². The summed E-state index contributed by atoms with van der Waals surface area (Å²) in [5, 5.41) is 10.8. The van der Waals surface area contributed by atoms with Crippen LogP contribution in [-0.4, -0.2) is 16.7 Å². The lowest BCUT2D eigenvalue weighted by molar-refractivity contribution is -0.123. The zero-order valence-corrected chi connectivity index (χ0v) is 14.8. The van der Waals surface area contributed by atoms with E-state index in [1.54, 1.807) is 13.0 Å². The zero-order chi connectivity index (χ0) is 17.3. The largest absolute Gasteiger partial charge is 0.508 e. The van der Waals surface area contributed by atoms with Crippen molar-refractivity contribution in [2.45, 2.75) is 59.3 Å². The number of allylic oxidation sites excluding steroid dienone is 5. The average Bonchev–Trinajstić information content (AvgIpc) is 2.86. The van der Waals surface area contributed by atoms with Crippen molar-refractivity contribution in [3.05, 3.63) is 34.6 Å². The third-order valence-corrected chi connectivity index (χ3v) is 7.46. The first-order chi connectivity index (χ1) is 11.3. The molecule has 0 bridgehead atoms. The normalized spacial score (nSPS) is 41.2. The lowest BCUT2D eigenvalue weighted by Crippen LogP contribution is -2.43. The van der Waals surface area contributed by atoms with E-state index in [9.17, 15) is 14.7 Å². The predicted molar refractivity (Wildman–Crippen MR) is 92.4 cm³/mol. The fourth-order valence-electron chi connectivity index (χ4n) is 6.04. The fraction of sp³-hybridized carbons (Fsp3) is 0.619. The van der Waals surface area contributed by atoms with Crippen LogP contribution in [0.1, 0.15) is 59.3 Å². The molecule has 1 N–H and O–H groups in total. The Balaban J connectivity index is 1.90. The molecule has 0 aliphatic heterocycles. The Morgan fingerprint density at radius 2 is 1.88 bits per heavy atom. The van der Waals surface area contributed by atoms with Gasteiger partial charge in [-0.2, -0.15) is 0 Å². The highest BCUT2D eigenvalue weighted by molar-refractivity contribution is 5.92. The molecule has 4 aliphatic carbocycles. The summed E-state index contributed by atoms with van der Waals surface area (Å²) in [6, 6.07) is 0. The van der Waals surface area contributed by atoms with Crippen molar-refractivity contribution < 1.29 is 14.7 Å². The highest BCUT2D eigenvalue weighted by Crippen LogP contribution is 2.63. The van der Waals surface area contributed by atoms with Crippen LogP contribution in [0.5, 0.6) is 0 Å². The van der Waals surface area contributed by atoms with E-state index >= 15 is 0 Å². The Kier molecular flexibility index (Phi) is 3.26. The van der Waals surface area contributed by atoms with Gasteiger partial charge in [-0.05, 0) is 73.7 Å². The van der Waals surface area contributed by atoms with Gasteiger partial charge in [0.05, 0.1) is 0 Å². The van der Waals surface area contributed by atoms with Crippen LogP contribution in [-0.2, 0) is 9.59 Å². The first-order valence-electron chi connectivity index (χ1n) is 9.17. The molecule has 0 aromatic carbocycles. The second-order valence-corrected chi connectivity index (χ2v) is 8.62. The average molecular weight is 326 g/mol. The summed E-state index contributed by atoms with van der Waals surface area (Å²) in [5.41, 5.74) is 3.25. The van der Waals surface area contributed by atoms with Crippen LogP contribution in [0.2, 0.25) is 0 Å². The van der Waals surface area contributed by atoms with Gasteiger partial charge in [-0.15, -0.1) is 0 Å². The van der Waals surface area contributed by atoms with Gasteiger partial charge in [-0.3, -0.25) is 9.59 Å². The molecule has 0 amide bonds. The van der Waals surface area contributed by atoms with Crippen LogP contribution >= 0.6 is 0 Å². The van der Waals surface area contributed by atoms with Crippen LogP contribution in [0.15, 0.2) is 34.6 Å². The number of aliphatic hydroxyl groups is 1. The second-order valence-electron chi connectivity index (χ2n) is 8.62. The molecular formula is C21H26O3. The van der Waals surface area contributed by atoms with Gasteiger partial charge in [-0.25, -0.2) is 0 Å². The topological polar surface area (TPSA) is 54.4 Å². The molecule has 1 fully saturated rings. The molecule has 0 saturated heterocycles. The maximum atomic E-state index is 12.1. The van der Waals surface area contributed by atoms with Crippen molar-refractivity contribution in [3.8, 4) is 0 Å². The van der Waals surface area contributed by atoms with E-state index < -0.39 is 0 Å². The van der Waals surface area contributed by atoms with Gasteiger partial charge in [0.25, 0.3) is 0 Å². The molecule has 0 spiro atoms. The van der Waals surface area contributed by atoms with Crippen LogP contribution in [0.3, 0.4) is 0 Å². The number of carbonyl (C=O) groups excluding carboxylic acids is 2. The Labute approximate surface area is 143 Å². The summed E-state index contributed by atoms with van der Waals surface area (Å²) in [6.07, 6.45) is 8.83. The number of Topliss-reactive ketones (excluding diaryl/α,β-unsaturated/α-hetero) is 1. The number of carbonyl (C=O) groups is 2. The summed E-state index contributed by atoms with van der Waals surface area (Å²) >= 11 is 0. The van der Waals surface area contributed by atoms with Crippen molar-refractivity contribution in [1.82, 2.24) is 0 Å². The van der Waals surface area contributed by atoms with Crippen LogP contribution in [0.25, 0.3) is 0 Å². The SMILES string of the molecule is CC(=O)[C@H]1CCC2=C3C(O)=CC4=CC(=O)CC[C@]4(C)[C@H]3CC[C@@]21C. The lowest BCUT2D eigenvalue weighted by atomic mass is 9.53. The van der Waals surface area contributed by atoms with Crippen molar-refractivity contribution >= 4 is 11.6 Å². The van der Waals surface area contributed by atoms with E-state index in [0.717, 1.165) is 43.3 Å². The lowest BCUT2D eigenvalue weighted by Gasteiger charge is -2.50. The smallest absolute Gasteiger partial charge is 0.156 e. The van der Waals surface area contributed by atoms with Gasteiger partial charge in [0.2, 0.25) is 0 Å². The van der Waals surface area contributed by atoms with Gasteiger partial charge in [0.15, 0.2) is 5.78 Å². The van der Waals surface area contributed by atoms with Gasteiger partial charge >= 0.3 is 0 Å². The van der Waals surface area contributed by atoms with Crippen molar-refractivity contribution in [2.24, 2.45) is 22.7 Å². The van der Waals surface area contributed by atoms with E-state index in [1.165, 1.54) is 5.57 Å². The molecule has 0 aromatic rings. The Bertz CT molecular complexity index is 738. The molecule has 0 heterocycles. The predicted octanol–water partition coefficient (Wildman–Crippen LogP) is 4.45. The van der Waals surface area contributed by atoms with Crippen LogP contribution < -0.4 is 0 Å². The summed E-state index contributed by atoms with van der Waals surface area (Å²) in [4.78, 5) is 24.0. The minimum Gasteiger partial charge on any atom is -0.508 e. The van der Waals surface area contributed by atoms with E-state index in [-0.39, 0.29) is 34.2 Å². The maximum absolute atomic E-state index is 12.1. The number of rotatable bonds is 1. The molecule has 0 aromatic heterocycles.